The number of carbonyl (C=O) groups is 2. The van der Waals surface area contributed by atoms with E-state index in [0.717, 1.165) is 38.6 Å². The number of ketones is 1. The van der Waals surface area contributed by atoms with Crippen LogP contribution in [0.25, 0.3) is 0 Å². The van der Waals surface area contributed by atoms with Crippen molar-refractivity contribution in [1.29, 1.82) is 0 Å². The van der Waals surface area contributed by atoms with Crippen LogP contribution in [0.4, 0.5) is 0 Å². The molecule has 0 spiro atoms. The molecule has 0 aromatic rings. The van der Waals surface area contributed by atoms with Gasteiger partial charge < -0.3 is 4.90 Å². The van der Waals surface area contributed by atoms with E-state index in [4.69, 9.17) is 0 Å². The Morgan fingerprint density at radius 3 is 2.69 bits per heavy atom. The summed E-state index contributed by atoms with van der Waals surface area (Å²) < 4.78 is 0. The van der Waals surface area contributed by atoms with Crippen molar-refractivity contribution < 1.29 is 9.59 Å². The molecule has 92 valence electrons. The van der Waals surface area contributed by atoms with Crippen molar-refractivity contribution >= 4 is 11.7 Å². The summed E-state index contributed by atoms with van der Waals surface area (Å²) in [5, 5.41) is 0. The molecule has 1 atom stereocenters. The van der Waals surface area contributed by atoms with E-state index in [1.165, 1.54) is 0 Å². The van der Waals surface area contributed by atoms with Crippen LogP contribution in [-0.2, 0) is 9.59 Å². The first-order valence-corrected chi connectivity index (χ1v) is 6.44. The molecule has 1 rings (SSSR count). The monoisotopic (exact) mass is 225 g/mol. The number of hydrogen-bond acceptors (Lipinski definition) is 2. The quantitative estimate of drug-likeness (QED) is 0.721. The predicted molar refractivity (Wildman–Crippen MR) is 64.2 cm³/mol. The second kappa shape index (κ2) is 6.66. The lowest BCUT2D eigenvalue weighted by Gasteiger charge is -2.35. The van der Waals surface area contributed by atoms with Gasteiger partial charge in [-0.25, -0.2) is 0 Å². The molecule has 1 aliphatic heterocycles. The molecule has 1 heterocycles. The summed E-state index contributed by atoms with van der Waals surface area (Å²) in [4.78, 5) is 25.1. The van der Waals surface area contributed by atoms with Gasteiger partial charge in [-0.1, -0.05) is 13.3 Å². The smallest absolute Gasteiger partial charge is 0.222 e. The Morgan fingerprint density at radius 1 is 1.31 bits per heavy atom. The highest BCUT2D eigenvalue weighted by atomic mass is 16.2. The van der Waals surface area contributed by atoms with Crippen LogP contribution in [0.5, 0.6) is 0 Å². The Morgan fingerprint density at radius 2 is 2.06 bits per heavy atom. The molecule has 0 saturated carbocycles. The Balaban J connectivity index is 2.51. The number of hydrogen-bond donors (Lipinski definition) is 0. The van der Waals surface area contributed by atoms with E-state index in [9.17, 15) is 9.59 Å². The van der Waals surface area contributed by atoms with Gasteiger partial charge in [-0.05, 0) is 32.6 Å². The van der Waals surface area contributed by atoms with Gasteiger partial charge in [0, 0.05) is 25.4 Å². The standard InChI is InChI=1S/C13H23NO2/c1-3-4-8-13(16)14-9-6-5-7-12(14)10-11(2)15/h12H,3-10H2,1-2H3. The summed E-state index contributed by atoms with van der Waals surface area (Å²) in [7, 11) is 0. The number of unbranched alkanes of at least 4 members (excludes halogenated alkanes) is 1. The Hall–Kier alpha value is -0.860. The third kappa shape index (κ3) is 3.95. The number of amides is 1. The number of carbonyl (C=O) groups excluding carboxylic acids is 2. The zero-order valence-electron chi connectivity index (χ0n) is 10.5. The maximum atomic E-state index is 12.0. The third-order valence-corrected chi connectivity index (χ3v) is 3.21. The van der Waals surface area contributed by atoms with Gasteiger partial charge in [0.2, 0.25) is 5.91 Å². The van der Waals surface area contributed by atoms with Crippen molar-refractivity contribution in [2.24, 2.45) is 0 Å². The van der Waals surface area contributed by atoms with E-state index in [0.29, 0.717) is 12.8 Å². The summed E-state index contributed by atoms with van der Waals surface area (Å²) in [6.07, 6.45) is 6.43. The number of likely N-dealkylation sites (tertiary alicyclic amines) is 1. The molecule has 0 radical (unpaired) electrons. The second-order valence-electron chi connectivity index (χ2n) is 4.75. The molecule has 1 aliphatic rings. The zero-order valence-corrected chi connectivity index (χ0v) is 10.5. The summed E-state index contributed by atoms with van der Waals surface area (Å²) in [5.41, 5.74) is 0. The topological polar surface area (TPSA) is 37.4 Å². The van der Waals surface area contributed by atoms with E-state index < -0.39 is 0 Å². The van der Waals surface area contributed by atoms with Gasteiger partial charge in [-0.15, -0.1) is 0 Å². The summed E-state index contributed by atoms with van der Waals surface area (Å²) in [6, 6.07) is 0.176. The van der Waals surface area contributed by atoms with E-state index >= 15 is 0 Å². The summed E-state index contributed by atoms with van der Waals surface area (Å²) in [6.45, 7) is 4.56. The highest BCUT2D eigenvalue weighted by Gasteiger charge is 2.26. The van der Waals surface area contributed by atoms with Crippen molar-refractivity contribution in [1.82, 2.24) is 4.90 Å². The number of piperidine rings is 1. The van der Waals surface area contributed by atoms with E-state index in [-0.39, 0.29) is 17.7 Å². The van der Waals surface area contributed by atoms with Crippen LogP contribution < -0.4 is 0 Å². The average molecular weight is 225 g/mol. The van der Waals surface area contributed by atoms with Gasteiger partial charge in [-0.2, -0.15) is 0 Å². The van der Waals surface area contributed by atoms with Crippen molar-refractivity contribution in [3.05, 3.63) is 0 Å². The molecular formula is C13H23NO2. The highest BCUT2D eigenvalue weighted by molar-refractivity contribution is 5.79. The van der Waals surface area contributed by atoms with Gasteiger partial charge in [0.1, 0.15) is 5.78 Å². The van der Waals surface area contributed by atoms with Crippen LogP contribution in [0.1, 0.15) is 58.8 Å². The van der Waals surface area contributed by atoms with Crippen molar-refractivity contribution in [3.63, 3.8) is 0 Å². The van der Waals surface area contributed by atoms with Crippen LogP contribution in [0.3, 0.4) is 0 Å². The SMILES string of the molecule is CCCCC(=O)N1CCCCC1CC(C)=O. The maximum Gasteiger partial charge on any atom is 0.222 e. The van der Waals surface area contributed by atoms with Gasteiger partial charge in [0.25, 0.3) is 0 Å². The van der Waals surface area contributed by atoms with Gasteiger partial charge in [0.05, 0.1) is 0 Å². The van der Waals surface area contributed by atoms with E-state index in [2.05, 4.69) is 6.92 Å². The first-order valence-electron chi connectivity index (χ1n) is 6.44. The molecule has 16 heavy (non-hydrogen) atoms. The van der Waals surface area contributed by atoms with Crippen molar-refractivity contribution in [2.45, 2.75) is 64.8 Å². The molecule has 1 amide bonds. The molecule has 1 fully saturated rings. The Kier molecular flexibility index (Phi) is 5.50. The fraction of sp³-hybridized carbons (Fsp3) is 0.846. The van der Waals surface area contributed by atoms with E-state index in [1.807, 2.05) is 4.90 Å². The Labute approximate surface area is 98.2 Å². The minimum Gasteiger partial charge on any atom is -0.339 e. The largest absolute Gasteiger partial charge is 0.339 e. The minimum atomic E-state index is 0.176. The number of nitrogens with zero attached hydrogens (tertiary/aromatic N) is 1. The minimum absolute atomic E-state index is 0.176. The lowest BCUT2D eigenvalue weighted by molar-refractivity contribution is -0.135. The van der Waals surface area contributed by atoms with Crippen LogP contribution >= 0.6 is 0 Å². The molecule has 0 aliphatic carbocycles. The lowest BCUT2D eigenvalue weighted by atomic mass is 9.97. The van der Waals surface area contributed by atoms with Crippen LogP contribution in [0, 0.1) is 0 Å². The molecule has 0 aromatic heterocycles. The summed E-state index contributed by atoms with van der Waals surface area (Å²) >= 11 is 0. The number of rotatable bonds is 5. The molecule has 0 N–H and O–H groups in total. The molecule has 1 unspecified atom stereocenters. The molecule has 0 aromatic carbocycles. The fourth-order valence-electron chi connectivity index (χ4n) is 2.34. The highest BCUT2D eigenvalue weighted by Crippen LogP contribution is 2.21. The van der Waals surface area contributed by atoms with E-state index in [1.54, 1.807) is 6.92 Å². The molecule has 0 bridgehead atoms. The number of Topliss-reactive ketones (excluding diaryl/α,β-unsaturated/α-hetero) is 1. The van der Waals surface area contributed by atoms with Gasteiger partial charge in [-0.3, -0.25) is 9.59 Å². The van der Waals surface area contributed by atoms with Gasteiger partial charge in [0.15, 0.2) is 0 Å². The predicted octanol–water partition coefficient (Wildman–Crippen LogP) is 2.54. The third-order valence-electron chi connectivity index (χ3n) is 3.21. The molecule has 3 nitrogen and oxygen atoms in total. The lowest BCUT2D eigenvalue weighted by Crippen LogP contribution is -2.44. The van der Waals surface area contributed by atoms with Crippen LogP contribution in [-0.4, -0.2) is 29.2 Å². The fourth-order valence-corrected chi connectivity index (χ4v) is 2.34. The normalized spacial score (nSPS) is 20.9. The second-order valence-corrected chi connectivity index (χ2v) is 4.75. The van der Waals surface area contributed by atoms with Crippen LogP contribution in [0.2, 0.25) is 0 Å². The average Bonchev–Trinajstić information content (AvgIpc) is 2.26. The van der Waals surface area contributed by atoms with Crippen molar-refractivity contribution in [3.8, 4) is 0 Å². The maximum absolute atomic E-state index is 12.0. The molecule has 3 heteroatoms. The molecular weight excluding hydrogens is 202 g/mol. The first-order chi connectivity index (χ1) is 7.65. The molecule has 1 saturated heterocycles. The van der Waals surface area contributed by atoms with Crippen molar-refractivity contribution in [2.75, 3.05) is 6.54 Å². The van der Waals surface area contributed by atoms with Crippen LogP contribution in [0.15, 0.2) is 0 Å². The zero-order chi connectivity index (χ0) is 12.0. The Bertz CT molecular complexity index is 250. The first kappa shape index (κ1) is 13.2. The summed E-state index contributed by atoms with van der Waals surface area (Å²) in [5.74, 6) is 0.438. The van der Waals surface area contributed by atoms with Gasteiger partial charge >= 0.3 is 0 Å².